The summed E-state index contributed by atoms with van der Waals surface area (Å²) in [6, 6.07) is 22.3. The van der Waals surface area contributed by atoms with Crippen LogP contribution < -0.4 is 20.7 Å². The van der Waals surface area contributed by atoms with Gasteiger partial charge in [0, 0.05) is 18.2 Å². The van der Waals surface area contributed by atoms with E-state index in [-0.39, 0.29) is 18.5 Å². The van der Waals surface area contributed by atoms with Crippen molar-refractivity contribution in [2.24, 2.45) is 4.99 Å². The van der Waals surface area contributed by atoms with Gasteiger partial charge in [-0.2, -0.15) is 4.99 Å². The van der Waals surface area contributed by atoms with Crippen LogP contribution in [-0.2, 0) is 9.53 Å². The lowest BCUT2D eigenvalue weighted by Gasteiger charge is -2.13. The molecule has 0 heterocycles. The Morgan fingerprint density at radius 3 is 2.21 bits per heavy atom. The molecule has 9 nitrogen and oxygen atoms in total. The van der Waals surface area contributed by atoms with Crippen LogP contribution in [0.3, 0.4) is 0 Å². The van der Waals surface area contributed by atoms with Gasteiger partial charge in [0.25, 0.3) is 5.91 Å². The molecule has 0 aromatic heterocycles. The van der Waals surface area contributed by atoms with Gasteiger partial charge in [0.2, 0.25) is 11.9 Å². The van der Waals surface area contributed by atoms with Crippen molar-refractivity contribution in [1.82, 2.24) is 5.32 Å². The molecule has 0 aliphatic heterocycles. The summed E-state index contributed by atoms with van der Waals surface area (Å²) >= 11 is 0. The molecule has 0 atom stereocenters. The van der Waals surface area contributed by atoms with Gasteiger partial charge in [0.15, 0.2) is 5.75 Å². The van der Waals surface area contributed by atoms with E-state index in [1.54, 1.807) is 85.8 Å². The standard InChI is InChI=1S/C25H24N4O5/c1-3-33-25(32)29-24(28-23(31)18-9-5-4-6-10-18)27-19-13-15-20(16-14-19)34-22-12-8-7-11-21(22)26-17(2)30/h4-16H,3H2,1-2H3,(H,26,30)(H2,27,28,29,31,32). The number of hydrogen-bond donors (Lipinski definition) is 3. The Hall–Kier alpha value is -4.66. The average Bonchev–Trinajstić information content (AvgIpc) is 2.82. The molecule has 0 bridgehead atoms. The molecular formula is C25H24N4O5. The van der Waals surface area contributed by atoms with E-state index in [0.717, 1.165) is 0 Å². The highest BCUT2D eigenvalue weighted by Crippen LogP contribution is 2.29. The van der Waals surface area contributed by atoms with Gasteiger partial charge in [0.1, 0.15) is 5.75 Å². The van der Waals surface area contributed by atoms with Gasteiger partial charge in [-0.05, 0) is 55.5 Å². The number of rotatable bonds is 6. The summed E-state index contributed by atoms with van der Waals surface area (Å²) in [6.07, 6.45) is -0.746. The van der Waals surface area contributed by atoms with E-state index in [9.17, 15) is 14.4 Å². The van der Waals surface area contributed by atoms with Crippen LogP contribution in [-0.4, -0.2) is 30.5 Å². The van der Waals surface area contributed by atoms with Crippen molar-refractivity contribution in [1.29, 1.82) is 0 Å². The number of nitrogens with one attached hydrogen (secondary N) is 3. The van der Waals surface area contributed by atoms with Crippen molar-refractivity contribution in [3.05, 3.63) is 84.4 Å². The Kier molecular flexibility index (Phi) is 8.34. The summed E-state index contributed by atoms with van der Waals surface area (Å²) in [7, 11) is 0. The summed E-state index contributed by atoms with van der Waals surface area (Å²) < 4.78 is 10.8. The number of carbonyl (C=O) groups excluding carboxylic acids is 3. The summed E-state index contributed by atoms with van der Waals surface area (Å²) in [4.78, 5) is 39.8. The van der Waals surface area contributed by atoms with Crippen molar-refractivity contribution in [3.8, 4) is 11.5 Å². The zero-order chi connectivity index (χ0) is 24.3. The first-order valence-electron chi connectivity index (χ1n) is 10.5. The van der Waals surface area contributed by atoms with Gasteiger partial charge in [-0.1, -0.05) is 30.3 Å². The second kappa shape index (κ2) is 11.8. The monoisotopic (exact) mass is 460 g/mol. The molecule has 0 fully saturated rings. The van der Waals surface area contributed by atoms with Crippen LogP contribution in [0.4, 0.5) is 16.2 Å². The molecule has 174 valence electrons. The Morgan fingerprint density at radius 2 is 1.53 bits per heavy atom. The molecule has 0 aliphatic rings. The van der Waals surface area contributed by atoms with Crippen molar-refractivity contribution < 1.29 is 23.9 Å². The van der Waals surface area contributed by atoms with Gasteiger partial charge in [0.05, 0.1) is 12.3 Å². The number of anilines is 2. The summed E-state index contributed by atoms with van der Waals surface area (Å²) in [5.74, 6) is 0.173. The molecular weight excluding hydrogens is 436 g/mol. The Morgan fingerprint density at radius 1 is 0.853 bits per heavy atom. The molecule has 3 rings (SSSR count). The van der Waals surface area contributed by atoms with Crippen LogP contribution in [0.2, 0.25) is 0 Å². The third-order valence-electron chi connectivity index (χ3n) is 4.27. The highest BCUT2D eigenvalue weighted by Gasteiger charge is 2.12. The molecule has 34 heavy (non-hydrogen) atoms. The largest absolute Gasteiger partial charge is 0.455 e. The first kappa shape index (κ1) is 24.0. The van der Waals surface area contributed by atoms with Crippen molar-refractivity contribution in [3.63, 3.8) is 0 Å². The molecule has 3 amide bonds. The first-order valence-corrected chi connectivity index (χ1v) is 10.5. The molecule has 9 heteroatoms. The van der Waals surface area contributed by atoms with Crippen LogP contribution in [0.15, 0.2) is 83.9 Å². The maximum Gasteiger partial charge on any atom is 0.413 e. The number of carbonyl (C=O) groups is 3. The van der Waals surface area contributed by atoms with Crippen molar-refractivity contribution in [2.75, 3.05) is 17.2 Å². The normalized spacial score (nSPS) is 10.7. The van der Waals surface area contributed by atoms with Crippen LogP contribution in [0.5, 0.6) is 11.5 Å². The fourth-order valence-electron chi connectivity index (χ4n) is 2.82. The van der Waals surface area contributed by atoms with Crippen LogP contribution in [0.1, 0.15) is 24.2 Å². The van der Waals surface area contributed by atoms with E-state index in [1.165, 1.54) is 6.92 Å². The quantitative estimate of drug-likeness (QED) is 0.360. The zero-order valence-corrected chi connectivity index (χ0v) is 18.7. The number of ether oxygens (including phenoxy) is 2. The molecule has 3 aromatic rings. The third-order valence-corrected chi connectivity index (χ3v) is 4.27. The zero-order valence-electron chi connectivity index (χ0n) is 18.7. The number of guanidine groups is 1. The van der Waals surface area contributed by atoms with E-state index in [4.69, 9.17) is 9.47 Å². The van der Waals surface area contributed by atoms with Gasteiger partial charge in [-0.15, -0.1) is 0 Å². The van der Waals surface area contributed by atoms with E-state index in [1.807, 2.05) is 0 Å². The van der Waals surface area contributed by atoms with Gasteiger partial charge >= 0.3 is 6.09 Å². The molecule has 3 N–H and O–H groups in total. The maximum absolute atomic E-state index is 12.5. The van der Waals surface area contributed by atoms with E-state index in [2.05, 4.69) is 20.9 Å². The Bertz CT molecular complexity index is 1180. The predicted molar refractivity (Wildman–Crippen MR) is 129 cm³/mol. The lowest BCUT2D eigenvalue weighted by atomic mass is 10.2. The van der Waals surface area contributed by atoms with E-state index >= 15 is 0 Å². The van der Waals surface area contributed by atoms with Crippen LogP contribution in [0.25, 0.3) is 0 Å². The summed E-state index contributed by atoms with van der Waals surface area (Å²) in [6.45, 7) is 3.25. The molecule has 0 aliphatic carbocycles. The lowest BCUT2D eigenvalue weighted by molar-refractivity contribution is -0.114. The fraction of sp³-hybridized carbons (Fsp3) is 0.120. The maximum atomic E-state index is 12.5. The predicted octanol–water partition coefficient (Wildman–Crippen LogP) is 4.79. The molecule has 0 saturated carbocycles. The third kappa shape index (κ3) is 7.20. The van der Waals surface area contributed by atoms with Crippen LogP contribution >= 0.6 is 0 Å². The molecule has 3 aromatic carbocycles. The smallest absolute Gasteiger partial charge is 0.413 e. The fourth-order valence-corrected chi connectivity index (χ4v) is 2.82. The number of amides is 3. The minimum atomic E-state index is -0.746. The SMILES string of the molecule is CCOC(=O)NC(=NC(=O)c1ccccc1)Nc1ccc(Oc2ccccc2NC(C)=O)cc1. The van der Waals surface area contributed by atoms with Gasteiger partial charge in [-0.3, -0.25) is 14.9 Å². The number of hydrogen-bond acceptors (Lipinski definition) is 5. The highest BCUT2D eigenvalue weighted by molar-refractivity contribution is 6.10. The van der Waals surface area contributed by atoms with Gasteiger partial charge < -0.3 is 20.1 Å². The Labute approximate surface area is 196 Å². The summed E-state index contributed by atoms with van der Waals surface area (Å²) in [5, 5.41) is 8.05. The van der Waals surface area contributed by atoms with E-state index in [0.29, 0.717) is 28.4 Å². The minimum Gasteiger partial charge on any atom is -0.455 e. The topological polar surface area (TPSA) is 118 Å². The number of aliphatic imine (C=N–C) groups is 1. The number of para-hydroxylation sites is 2. The highest BCUT2D eigenvalue weighted by atomic mass is 16.5. The minimum absolute atomic E-state index is 0.0861. The first-order chi connectivity index (χ1) is 16.4. The second-order valence-corrected chi connectivity index (χ2v) is 6.91. The molecule has 0 unspecified atom stereocenters. The lowest BCUT2D eigenvalue weighted by Crippen LogP contribution is -2.37. The van der Waals surface area contributed by atoms with Gasteiger partial charge in [-0.25, -0.2) is 4.79 Å². The molecule has 0 radical (unpaired) electrons. The second-order valence-electron chi connectivity index (χ2n) is 6.91. The average molecular weight is 460 g/mol. The molecule has 0 spiro atoms. The van der Waals surface area contributed by atoms with Crippen molar-refractivity contribution in [2.45, 2.75) is 13.8 Å². The summed E-state index contributed by atoms with van der Waals surface area (Å²) in [5.41, 5.74) is 1.46. The van der Waals surface area contributed by atoms with E-state index < -0.39 is 12.0 Å². The number of alkyl carbamates (subject to hydrolysis) is 1. The van der Waals surface area contributed by atoms with Crippen LogP contribution in [0, 0.1) is 0 Å². The van der Waals surface area contributed by atoms with Crippen molar-refractivity contribution >= 4 is 35.2 Å². The number of nitrogens with zero attached hydrogens (tertiary/aromatic N) is 1. The Balaban J connectivity index is 1.75. The number of benzene rings is 3. The molecule has 0 saturated heterocycles.